The Bertz CT molecular complexity index is 1260. The summed E-state index contributed by atoms with van der Waals surface area (Å²) in [5.74, 6) is -5.47. The van der Waals surface area contributed by atoms with E-state index < -0.39 is 47.9 Å². The van der Waals surface area contributed by atoms with Crippen molar-refractivity contribution in [3.63, 3.8) is 0 Å². The first kappa shape index (κ1) is 36.8. The topological polar surface area (TPSA) is 200 Å². The first-order valence-electron chi connectivity index (χ1n) is 13.4. The van der Waals surface area contributed by atoms with E-state index in [1.807, 2.05) is 56.3 Å². The SMILES string of the molecule is CC(C)CC(CC(=O)NO)C(=O)N[C@@H](Cc1ccc2ccccc2c1)C(=O)N[C@@H](C)C(=O)NCCN.O=C(O)C(F)(F)F. The van der Waals surface area contributed by atoms with Crippen LogP contribution in [0.25, 0.3) is 10.8 Å². The lowest BCUT2D eigenvalue weighted by Gasteiger charge is -2.24. The number of alkyl halides is 3. The number of carbonyl (C=O) groups is 5. The number of hydroxylamine groups is 1. The third kappa shape index (κ3) is 13.5. The molecule has 8 N–H and O–H groups in total. The summed E-state index contributed by atoms with van der Waals surface area (Å²) in [7, 11) is 0. The normalized spacial score (nSPS) is 13.1. The van der Waals surface area contributed by atoms with E-state index in [-0.39, 0.29) is 37.8 Å². The fraction of sp³-hybridized carbons (Fsp3) is 0.464. The molecule has 2 aromatic rings. The summed E-state index contributed by atoms with van der Waals surface area (Å²) in [6.45, 7) is 5.92. The minimum absolute atomic E-state index is 0.103. The minimum Gasteiger partial charge on any atom is -0.475 e. The highest BCUT2D eigenvalue weighted by atomic mass is 19.4. The summed E-state index contributed by atoms with van der Waals surface area (Å²) in [6, 6.07) is 11.7. The van der Waals surface area contributed by atoms with Crippen molar-refractivity contribution in [2.75, 3.05) is 13.1 Å². The number of rotatable bonds is 13. The lowest BCUT2D eigenvalue weighted by Crippen LogP contribution is -2.54. The van der Waals surface area contributed by atoms with Gasteiger partial charge in [0.1, 0.15) is 12.1 Å². The van der Waals surface area contributed by atoms with Gasteiger partial charge < -0.3 is 26.8 Å². The quantitative estimate of drug-likeness (QED) is 0.131. The molecule has 0 aliphatic rings. The van der Waals surface area contributed by atoms with Crippen molar-refractivity contribution in [2.24, 2.45) is 17.6 Å². The zero-order chi connectivity index (χ0) is 32.7. The van der Waals surface area contributed by atoms with Crippen LogP contribution in [0.4, 0.5) is 13.2 Å². The van der Waals surface area contributed by atoms with Gasteiger partial charge in [0.15, 0.2) is 0 Å². The molecule has 15 heteroatoms. The molecule has 2 aromatic carbocycles. The fourth-order valence-corrected chi connectivity index (χ4v) is 3.95. The van der Waals surface area contributed by atoms with Crippen molar-refractivity contribution < 1.29 is 47.5 Å². The first-order valence-corrected chi connectivity index (χ1v) is 13.4. The maximum atomic E-state index is 13.2. The van der Waals surface area contributed by atoms with Gasteiger partial charge in [-0.25, -0.2) is 10.3 Å². The highest BCUT2D eigenvalue weighted by Crippen LogP contribution is 2.19. The average Bonchev–Trinajstić information content (AvgIpc) is 2.94. The third-order valence-electron chi connectivity index (χ3n) is 6.01. The van der Waals surface area contributed by atoms with Crippen LogP contribution in [0, 0.1) is 11.8 Å². The maximum Gasteiger partial charge on any atom is 0.490 e. The zero-order valence-corrected chi connectivity index (χ0v) is 24.0. The van der Waals surface area contributed by atoms with E-state index in [4.69, 9.17) is 20.8 Å². The number of carboxylic acids is 1. The Morgan fingerprint density at radius 1 is 0.907 bits per heavy atom. The number of halogens is 3. The molecule has 0 aromatic heterocycles. The summed E-state index contributed by atoms with van der Waals surface area (Å²) in [5, 5.41) is 26.1. The molecule has 1 unspecified atom stereocenters. The first-order chi connectivity index (χ1) is 20.1. The van der Waals surface area contributed by atoms with Crippen LogP contribution in [0.2, 0.25) is 0 Å². The summed E-state index contributed by atoms with van der Waals surface area (Å²) < 4.78 is 31.7. The molecule has 0 radical (unpaired) electrons. The van der Waals surface area contributed by atoms with Crippen molar-refractivity contribution >= 4 is 40.4 Å². The number of fused-ring (bicyclic) bond motifs is 1. The Hall–Kier alpha value is -4.24. The molecular weight excluding hydrogens is 575 g/mol. The molecule has 0 heterocycles. The number of hydrogen-bond acceptors (Lipinski definition) is 7. The largest absolute Gasteiger partial charge is 0.490 e. The average molecular weight is 614 g/mol. The van der Waals surface area contributed by atoms with E-state index in [1.54, 1.807) is 12.4 Å². The van der Waals surface area contributed by atoms with Crippen molar-refractivity contribution in [1.82, 2.24) is 21.4 Å². The van der Waals surface area contributed by atoms with Gasteiger partial charge in [-0.3, -0.25) is 24.4 Å². The fourth-order valence-electron chi connectivity index (χ4n) is 3.95. The summed E-state index contributed by atoms with van der Waals surface area (Å²) >= 11 is 0. The van der Waals surface area contributed by atoms with Gasteiger partial charge in [0.2, 0.25) is 23.6 Å². The predicted molar refractivity (Wildman–Crippen MR) is 150 cm³/mol. The van der Waals surface area contributed by atoms with E-state index in [1.165, 1.54) is 0 Å². The van der Waals surface area contributed by atoms with E-state index in [0.717, 1.165) is 16.3 Å². The minimum atomic E-state index is -5.08. The van der Waals surface area contributed by atoms with Crippen LogP contribution in [0.15, 0.2) is 42.5 Å². The summed E-state index contributed by atoms with van der Waals surface area (Å²) in [4.78, 5) is 59.3. The summed E-state index contributed by atoms with van der Waals surface area (Å²) in [5.41, 5.74) is 7.80. The molecule has 0 saturated heterocycles. The molecule has 0 spiro atoms. The molecule has 4 amide bonds. The van der Waals surface area contributed by atoms with Crippen molar-refractivity contribution in [3.05, 3.63) is 48.0 Å². The molecular formula is C28H38F3N5O7. The van der Waals surface area contributed by atoms with E-state index in [9.17, 15) is 32.3 Å². The highest BCUT2D eigenvalue weighted by molar-refractivity contribution is 5.93. The van der Waals surface area contributed by atoms with Gasteiger partial charge in [-0.2, -0.15) is 13.2 Å². The molecule has 0 aliphatic carbocycles. The van der Waals surface area contributed by atoms with Gasteiger partial charge in [0, 0.05) is 31.8 Å². The monoisotopic (exact) mass is 613 g/mol. The Kier molecular flexibility index (Phi) is 15.1. The second-order valence-corrected chi connectivity index (χ2v) is 10.1. The number of hydrogen-bond donors (Lipinski definition) is 7. The lowest BCUT2D eigenvalue weighted by atomic mass is 9.92. The van der Waals surface area contributed by atoms with Gasteiger partial charge in [0.05, 0.1) is 0 Å². The Balaban J connectivity index is 0.00000117. The number of nitrogens with two attached hydrogens (primary N) is 1. The number of aliphatic carboxylic acids is 1. The van der Waals surface area contributed by atoms with E-state index in [2.05, 4.69) is 16.0 Å². The number of carboxylic acid groups (broad SMARTS) is 1. The van der Waals surface area contributed by atoms with Gasteiger partial charge in [-0.15, -0.1) is 0 Å². The molecule has 43 heavy (non-hydrogen) atoms. The molecule has 0 fully saturated rings. The second kappa shape index (κ2) is 17.7. The molecule has 0 saturated carbocycles. The van der Waals surface area contributed by atoms with Crippen LogP contribution in [-0.4, -0.2) is 71.3 Å². The van der Waals surface area contributed by atoms with Crippen LogP contribution in [0.3, 0.4) is 0 Å². The highest BCUT2D eigenvalue weighted by Gasteiger charge is 2.38. The zero-order valence-electron chi connectivity index (χ0n) is 24.0. The second-order valence-electron chi connectivity index (χ2n) is 10.1. The molecule has 2 rings (SSSR count). The molecule has 238 valence electrons. The van der Waals surface area contributed by atoms with Crippen molar-refractivity contribution in [2.45, 2.75) is 58.3 Å². The van der Waals surface area contributed by atoms with Crippen molar-refractivity contribution in [3.8, 4) is 0 Å². The number of amides is 4. The predicted octanol–water partition coefficient (Wildman–Crippen LogP) is 1.64. The Morgan fingerprint density at radius 2 is 1.51 bits per heavy atom. The maximum absolute atomic E-state index is 13.2. The number of carbonyl (C=O) groups excluding carboxylic acids is 4. The molecule has 3 atom stereocenters. The van der Waals surface area contributed by atoms with E-state index in [0.29, 0.717) is 6.42 Å². The lowest BCUT2D eigenvalue weighted by molar-refractivity contribution is -0.192. The smallest absolute Gasteiger partial charge is 0.475 e. The van der Waals surface area contributed by atoms with E-state index >= 15 is 0 Å². The third-order valence-corrected chi connectivity index (χ3v) is 6.01. The number of benzene rings is 2. The standard InChI is InChI=1S/C26H37N5O5.C2HF3O2/c1-16(2)12-21(15-23(32)31-36)25(34)30-22(26(35)29-17(3)24(33)28-11-10-27)14-18-8-9-19-6-4-5-7-20(19)13-18;3-2(4,5)1(6)7/h4-9,13,16-17,21-22,36H,10-12,14-15,27H2,1-3H3,(H,28,33)(H,29,35)(H,30,34)(H,31,32);(H,6,7)/t17-,21?,22-;/m0./s1. The summed E-state index contributed by atoms with van der Waals surface area (Å²) in [6.07, 6.45) is -4.73. The van der Waals surface area contributed by atoms with Crippen LogP contribution in [0.1, 0.15) is 39.2 Å². The van der Waals surface area contributed by atoms with Crippen LogP contribution in [-0.2, 0) is 30.4 Å². The van der Waals surface area contributed by atoms with Crippen LogP contribution in [0.5, 0.6) is 0 Å². The van der Waals surface area contributed by atoms with Gasteiger partial charge in [-0.1, -0.05) is 56.3 Å². The molecule has 12 nitrogen and oxygen atoms in total. The molecule has 0 bridgehead atoms. The van der Waals surface area contributed by atoms with Gasteiger partial charge >= 0.3 is 12.1 Å². The van der Waals surface area contributed by atoms with Crippen LogP contribution < -0.4 is 27.2 Å². The number of nitrogens with one attached hydrogen (secondary N) is 4. The van der Waals surface area contributed by atoms with Gasteiger partial charge in [0.25, 0.3) is 0 Å². The van der Waals surface area contributed by atoms with Crippen molar-refractivity contribution in [1.29, 1.82) is 0 Å². The Labute approximate surface area is 246 Å². The van der Waals surface area contributed by atoms with Gasteiger partial charge in [-0.05, 0) is 35.6 Å². The Morgan fingerprint density at radius 3 is 2.05 bits per heavy atom. The molecule has 0 aliphatic heterocycles. The van der Waals surface area contributed by atoms with Crippen LogP contribution >= 0.6 is 0 Å².